The fraction of sp³-hybridized carbons (Fsp3) is 0.452. The van der Waals surface area contributed by atoms with Crippen LogP contribution in [0.4, 0.5) is 0 Å². The van der Waals surface area contributed by atoms with E-state index in [0.29, 0.717) is 30.3 Å². The van der Waals surface area contributed by atoms with Crippen LogP contribution in [-0.4, -0.2) is 40.0 Å². The molecule has 2 N–H and O–H groups in total. The monoisotopic (exact) mass is 574 g/mol. The largest absolute Gasteiger partial charge is 1.00 e. The van der Waals surface area contributed by atoms with E-state index in [1.54, 1.807) is 29.2 Å². The Kier molecular flexibility index (Phi) is 13.3. The second-order valence-electron chi connectivity index (χ2n) is 10.3. The average molecular weight is 575 g/mol. The number of aryl methyl sites for hydroxylation is 1. The minimum absolute atomic E-state index is 0. The summed E-state index contributed by atoms with van der Waals surface area (Å²) in [5, 5.41) is 12.4. The molecule has 0 bridgehead atoms. The molecule has 3 aromatic rings. The first kappa shape index (κ1) is 32.4. The predicted molar refractivity (Wildman–Crippen MR) is 160 cm³/mol. The van der Waals surface area contributed by atoms with E-state index in [9.17, 15) is 14.7 Å². The van der Waals surface area contributed by atoms with Gasteiger partial charge in [-0.15, -0.1) is 11.3 Å². The van der Waals surface area contributed by atoms with Gasteiger partial charge in [0.1, 0.15) is 6.04 Å². The first-order valence-electron chi connectivity index (χ1n) is 13.7. The SMILES string of the molecule is CSCCC(NC(=O)c1ccc(COC(CC2CCCCC2)c2cncs2)cc1-c1ccccc1C)C(=O)O.[H-].[Li+]. The van der Waals surface area contributed by atoms with Crippen molar-refractivity contribution in [2.24, 2.45) is 5.92 Å². The molecule has 1 aromatic heterocycles. The van der Waals surface area contributed by atoms with Gasteiger partial charge in [-0.1, -0.05) is 62.4 Å². The molecule has 2 aromatic carbocycles. The number of carbonyl (C=O) groups is 2. The fourth-order valence-corrected chi connectivity index (χ4v) is 6.43. The number of carbonyl (C=O) groups excluding carboxylic acids is 1. The van der Waals surface area contributed by atoms with Gasteiger partial charge in [-0.25, -0.2) is 4.79 Å². The van der Waals surface area contributed by atoms with Gasteiger partial charge >= 0.3 is 24.8 Å². The Labute approximate surface area is 259 Å². The Morgan fingerprint density at radius 1 is 1.18 bits per heavy atom. The van der Waals surface area contributed by atoms with Crippen LogP contribution in [0, 0.1) is 12.8 Å². The van der Waals surface area contributed by atoms with E-state index in [1.807, 2.05) is 61.3 Å². The second kappa shape index (κ2) is 16.4. The molecule has 1 aliphatic rings. The maximum absolute atomic E-state index is 13.4. The zero-order valence-electron chi connectivity index (χ0n) is 24.7. The van der Waals surface area contributed by atoms with Crippen LogP contribution in [0.15, 0.2) is 54.2 Å². The number of hydrogen-bond donors (Lipinski definition) is 2. The molecule has 1 amide bonds. The molecule has 0 saturated heterocycles. The number of hydrogen-bond acceptors (Lipinski definition) is 6. The maximum Gasteiger partial charge on any atom is 1.00 e. The van der Waals surface area contributed by atoms with Crippen LogP contribution in [0.5, 0.6) is 0 Å². The summed E-state index contributed by atoms with van der Waals surface area (Å²) in [6, 6.07) is 12.7. The first-order chi connectivity index (χ1) is 19.0. The summed E-state index contributed by atoms with van der Waals surface area (Å²) in [6.45, 7) is 2.43. The minimum Gasteiger partial charge on any atom is -1.00 e. The molecule has 6 nitrogen and oxygen atoms in total. The van der Waals surface area contributed by atoms with Crippen LogP contribution < -0.4 is 24.2 Å². The van der Waals surface area contributed by atoms with Crippen molar-refractivity contribution in [1.82, 2.24) is 10.3 Å². The van der Waals surface area contributed by atoms with Crippen LogP contribution in [0.3, 0.4) is 0 Å². The molecule has 1 fully saturated rings. The summed E-state index contributed by atoms with van der Waals surface area (Å²) in [6.07, 6.45) is 11.6. The third-order valence-corrected chi connectivity index (χ3v) is 8.98. The molecule has 9 heteroatoms. The van der Waals surface area contributed by atoms with Crippen LogP contribution in [-0.2, 0) is 16.1 Å². The number of nitrogens with zero attached hydrogens (tertiary/aromatic N) is 1. The second-order valence-corrected chi connectivity index (χ2v) is 12.2. The first-order valence-corrected chi connectivity index (χ1v) is 15.9. The number of aliphatic carboxylic acids is 1. The van der Waals surface area contributed by atoms with Crippen LogP contribution >= 0.6 is 23.1 Å². The van der Waals surface area contributed by atoms with E-state index < -0.39 is 12.0 Å². The van der Waals surface area contributed by atoms with Gasteiger partial charge in [0.05, 0.1) is 23.1 Å². The minimum atomic E-state index is -1.02. The zero-order chi connectivity index (χ0) is 27.6. The van der Waals surface area contributed by atoms with Crippen molar-refractivity contribution < 1.29 is 39.7 Å². The van der Waals surface area contributed by atoms with Crippen LogP contribution in [0.1, 0.15) is 78.8 Å². The van der Waals surface area contributed by atoms with Crippen molar-refractivity contribution in [2.75, 3.05) is 12.0 Å². The van der Waals surface area contributed by atoms with Crippen molar-refractivity contribution in [2.45, 2.75) is 70.6 Å². The quantitative estimate of drug-likeness (QED) is 0.294. The van der Waals surface area contributed by atoms with Gasteiger partial charge in [-0.2, -0.15) is 11.8 Å². The van der Waals surface area contributed by atoms with E-state index >= 15 is 0 Å². The van der Waals surface area contributed by atoms with Crippen LogP contribution in [0.2, 0.25) is 0 Å². The molecule has 210 valence electrons. The topological polar surface area (TPSA) is 88.5 Å². The summed E-state index contributed by atoms with van der Waals surface area (Å²) in [5.74, 6) is -0.0753. The summed E-state index contributed by atoms with van der Waals surface area (Å²) >= 11 is 3.20. The molecule has 4 rings (SSSR count). The molecule has 2 unspecified atom stereocenters. The standard InChI is InChI=1S/C31H38N2O4S2.Li.H/c1-21-8-6-7-11-24(21)26-16-23(12-13-25(26)30(34)33-27(31(35)36)14-15-38-2)19-37-28(29-18-32-20-39-29)17-22-9-4-3-5-10-22;;/h6-8,11-13,16,18,20,22,27-28H,3-5,9-10,14-15,17,19H2,1-2H3,(H,33,34)(H,35,36);;/q;+1;-1. The zero-order valence-corrected chi connectivity index (χ0v) is 25.4. The van der Waals surface area contributed by atoms with Gasteiger partial charge in [-0.3, -0.25) is 9.78 Å². The number of carboxylic acid groups (broad SMARTS) is 1. The van der Waals surface area contributed by atoms with Crippen LogP contribution in [0.25, 0.3) is 11.1 Å². The Hall–Kier alpha value is -2.08. The summed E-state index contributed by atoms with van der Waals surface area (Å²) in [7, 11) is 0. The molecule has 0 aliphatic heterocycles. The fourth-order valence-electron chi connectivity index (χ4n) is 5.28. The van der Waals surface area contributed by atoms with Crippen molar-refractivity contribution in [3.05, 3.63) is 75.7 Å². The maximum atomic E-state index is 13.4. The van der Waals surface area contributed by atoms with Gasteiger partial charge < -0.3 is 16.6 Å². The Bertz CT molecular complexity index is 1240. The smallest absolute Gasteiger partial charge is 1.00 e. The third-order valence-electron chi connectivity index (χ3n) is 7.47. The molecule has 1 heterocycles. The Morgan fingerprint density at radius 3 is 2.62 bits per heavy atom. The number of benzene rings is 2. The van der Waals surface area contributed by atoms with E-state index in [4.69, 9.17) is 4.74 Å². The van der Waals surface area contributed by atoms with Gasteiger partial charge in [0.2, 0.25) is 0 Å². The van der Waals surface area contributed by atoms with Crippen molar-refractivity contribution in [3.8, 4) is 11.1 Å². The molecule has 40 heavy (non-hydrogen) atoms. The Morgan fingerprint density at radius 2 is 1.95 bits per heavy atom. The normalized spacial score (nSPS) is 15.2. The number of amides is 1. The molecule has 0 radical (unpaired) electrons. The molecular weight excluding hydrogens is 535 g/mol. The number of nitrogens with one attached hydrogen (secondary N) is 1. The Balaban J connectivity index is 0.00000294. The van der Waals surface area contributed by atoms with E-state index in [2.05, 4.69) is 10.3 Å². The molecule has 2 atom stereocenters. The third kappa shape index (κ3) is 8.96. The van der Waals surface area contributed by atoms with Gasteiger partial charge in [0.15, 0.2) is 0 Å². The van der Waals surface area contributed by atoms with E-state index in [0.717, 1.165) is 33.6 Å². The van der Waals surface area contributed by atoms with Gasteiger partial charge in [0, 0.05) is 11.8 Å². The van der Waals surface area contributed by atoms with E-state index in [-0.39, 0.29) is 32.3 Å². The van der Waals surface area contributed by atoms with Crippen molar-refractivity contribution in [1.29, 1.82) is 0 Å². The number of thiazole rings is 1. The summed E-state index contributed by atoms with van der Waals surface area (Å²) < 4.78 is 6.53. The summed E-state index contributed by atoms with van der Waals surface area (Å²) in [5.41, 5.74) is 6.07. The number of carboxylic acids is 1. The van der Waals surface area contributed by atoms with Gasteiger partial charge in [0.25, 0.3) is 5.91 Å². The predicted octanol–water partition coefficient (Wildman–Crippen LogP) is 4.40. The van der Waals surface area contributed by atoms with E-state index in [1.165, 1.54) is 32.1 Å². The van der Waals surface area contributed by atoms with Gasteiger partial charge in [-0.05, 0) is 72.1 Å². The molecule has 1 saturated carbocycles. The molecular formula is C31H39LiN2O4S2. The molecule has 1 aliphatic carbocycles. The van der Waals surface area contributed by atoms with Crippen molar-refractivity contribution in [3.63, 3.8) is 0 Å². The number of rotatable bonds is 13. The van der Waals surface area contributed by atoms with Crippen molar-refractivity contribution >= 4 is 35.0 Å². The summed E-state index contributed by atoms with van der Waals surface area (Å²) in [4.78, 5) is 30.6. The number of thioether (sulfide) groups is 1. The number of aromatic nitrogens is 1. The average Bonchev–Trinajstić information content (AvgIpc) is 3.49. The molecule has 0 spiro atoms. The number of ether oxygens (including phenoxy) is 1.